The minimum Gasteiger partial charge on any atom is -0.206 e. The second-order valence-corrected chi connectivity index (χ2v) is 4.06. The van der Waals surface area contributed by atoms with Gasteiger partial charge in [-0.2, -0.15) is 0 Å². The maximum Gasteiger partial charge on any atom is 0.255 e. The van der Waals surface area contributed by atoms with E-state index in [1.807, 2.05) is 0 Å². The van der Waals surface area contributed by atoms with Crippen molar-refractivity contribution in [1.29, 1.82) is 0 Å². The largest absolute Gasteiger partial charge is 0.255 e. The van der Waals surface area contributed by atoms with Gasteiger partial charge in [-0.1, -0.05) is 0 Å². The molecule has 2 bridgehead atoms. The first-order valence-electron chi connectivity index (χ1n) is 4.09. The van der Waals surface area contributed by atoms with E-state index in [1.165, 1.54) is 0 Å². The molecule has 4 unspecified atom stereocenters. The van der Waals surface area contributed by atoms with Crippen LogP contribution in [-0.4, -0.2) is 5.92 Å². The first-order valence-corrected chi connectivity index (χ1v) is 4.09. The molecule has 10 heavy (non-hydrogen) atoms. The van der Waals surface area contributed by atoms with E-state index in [-0.39, 0.29) is 11.8 Å². The van der Waals surface area contributed by atoms with Crippen molar-refractivity contribution < 1.29 is 8.78 Å². The minimum absolute atomic E-state index is 0.175. The van der Waals surface area contributed by atoms with E-state index < -0.39 is 5.92 Å². The van der Waals surface area contributed by atoms with Crippen LogP contribution in [-0.2, 0) is 0 Å². The third-order valence-corrected chi connectivity index (χ3v) is 3.70. The lowest BCUT2D eigenvalue weighted by Gasteiger charge is -2.05. The zero-order chi connectivity index (χ0) is 6.93. The summed E-state index contributed by atoms with van der Waals surface area (Å²) in [6.45, 7) is 0. The van der Waals surface area contributed by atoms with Gasteiger partial charge in [0.2, 0.25) is 0 Å². The molecular weight excluding hydrogens is 134 g/mol. The van der Waals surface area contributed by atoms with Crippen molar-refractivity contribution >= 4 is 0 Å². The summed E-state index contributed by atoms with van der Waals surface area (Å²) in [6.07, 6.45) is 3.29. The monoisotopic (exact) mass is 144 g/mol. The van der Waals surface area contributed by atoms with Crippen molar-refractivity contribution in [1.82, 2.24) is 0 Å². The topological polar surface area (TPSA) is 0 Å². The smallest absolute Gasteiger partial charge is 0.206 e. The molecule has 3 aliphatic carbocycles. The number of fused-ring (bicyclic) bond motifs is 5. The van der Waals surface area contributed by atoms with Crippen molar-refractivity contribution in [3.63, 3.8) is 0 Å². The first kappa shape index (κ1) is 5.50. The molecule has 0 aromatic carbocycles. The molecule has 3 saturated carbocycles. The molecule has 0 heterocycles. The van der Waals surface area contributed by atoms with Gasteiger partial charge >= 0.3 is 0 Å². The third-order valence-electron chi connectivity index (χ3n) is 3.70. The lowest BCUT2D eigenvalue weighted by molar-refractivity contribution is 0.0578. The highest BCUT2D eigenvalue weighted by atomic mass is 19.3. The van der Waals surface area contributed by atoms with Gasteiger partial charge < -0.3 is 0 Å². The van der Waals surface area contributed by atoms with E-state index in [2.05, 4.69) is 0 Å². The Morgan fingerprint density at radius 1 is 1.00 bits per heavy atom. The maximum absolute atomic E-state index is 12.8. The fourth-order valence-electron chi connectivity index (χ4n) is 3.30. The van der Waals surface area contributed by atoms with Gasteiger partial charge in [-0.05, 0) is 31.1 Å². The second kappa shape index (κ2) is 1.26. The van der Waals surface area contributed by atoms with E-state index >= 15 is 0 Å². The summed E-state index contributed by atoms with van der Waals surface area (Å²) in [5.41, 5.74) is 0. The van der Waals surface area contributed by atoms with Gasteiger partial charge in [0.25, 0.3) is 5.92 Å². The predicted octanol–water partition coefficient (Wildman–Crippen LogP) is 2.30. The van der Waals surface area contributed by atoms with Crippen LogP contribution in [0.1, 0.15) is 19.3 Å². The Bertz CT molecular complexity index is 170. The molecule has 3 aliphatic rings. The van der Waals surface area contributed by atoms with Crippen molar-refractivity contribution in [3.05, 3.63) is 0 Å². The van der Waals surface area contributed by atoms with Gasteiger partial charge in [-0.3, -0.25) is 0 Å². The molecule has 0 N–H and O–H groups in total. The zero-order valence-electron chi connectivity index (χ0n) is 5.69. The third kappa shape index (κ3) is 0.388. The SMILES string of the molecule is FC1(F)C2C3CCC(C3)C21. The molecule has 2 heteroatoms. The number of hydrogen-bond acceptors (Lipinski definition) is 0. The fraction of sp³-hybridized carbons (Fsp3) is 1.00. The van der Waals surface area contributed by atoms with Crippen LogP contribution in [0.5, 0.6) is 0 Å². The average Bonchev–Trinajstić information content (AvgIpc) is 2.37. The van der Waals surface area contributed by atoms with E-state index in [0.29, 0.717) is 11.8 Å². The maximum atomic E-state index is 12.8. The summed E-state index contributed by atoms with van der Waals surface area (Å²) in [6, 6.07) is 0. The lowest BCUT2D eigenvalue weighted by Crippen LogP contribution is -2.07. The molecule has 56 valence electrons. The normalized spacial score (nSPS) is 60.6. The van der Waals surface area contributed by atoms with E-state index in [1.54, 1.807) is 0 Å². The van der Waals surface area contributed by atoms with Crippen molar-refractivity contribution in [3.8, 4) is 0 Å². The van der Waals surface area contributed by atoms with Gasteiger partial charge in [-0.15, -0.1) is 0 Å². The van der Waals surface area contributed by atoms with E-state index in [4.69, 9.17) is 0 Å². The van der Waals surface area contributed by atoms with E-state index in [0.717, 1.165) is 19.3 Å². The molecule has 0 aromatic heterocycles. The van der Waals surface area contributed by atoms with Crippen molar-refractivity contribution in [2.75, 3.05) is 0 Å². The summed E-state index contributed by atoms with van der Waals surface area (Å²) in [7, 11) is 0. The second-order valence-electron chi connectivity index (χ2n) is 4.06. The Kier molecular flexibility index (Phi) is 0.692. The molecule has 0 saturated heterocycles. The molecule has 0 amide bonds. The summed E-state index contributed by atoms with van der Waals surface area (Å²) < 4.78 is 25.6. The first-order chi connectivity index (χ1) is 4.71. The summed E-state index contributed by atoms with van der Waals surface area (Å²) in [4.78, 5) is 0. The molecule has 3 rings (SSSR count). The van der Waals surface area contributed by atoms with Gasteiger partial charge in [0.15, 0.2) is 0 Å². The van der Waals surface area contributed by atoms with Crippen LogP contribution in [0.3, 0.4) is 0 Å². The lowest BCUT2D eigenvalue weighted by atomic mass is 10.0. The summed E-state index contributed by atoms with van der Waals surface area (Å²) >= 11 is 0. The molecule has 0 aliphatic heterocycles. The molecular formula is C8H10F2. The van der Waals surface area contributed by atoms with Crippen LogP contribution in [0.2, 0.25) is 0 Å². The average molecular weight is 144 g/mol. The summed E-state index contributed by atoms with van der Waals surface area (Å²) in [5, 5.41) is 0. The Labute approximate surface area is 58.6 Å². The van der Waals surface area contributed by atoms with Crippen LogP contribution in [0.15, 0.2) is 0 Å². The summed E-state index contributed by atoms with van der Waals surface area (Å²) in [5.74, 6) is -1.77. The van der Waals surface area contributed by atoms with Crippen LogP contribution in [0.25, 0.3) is 0 Å². The Balaban J connectivity index is 1.97. The molecule has 0 nitrogen and oxygen atoms in total. The number of halogens is 2. The quantitative estimate of drug-likeness (QED) is 0.489. The Morgan fingerprint density at radius 2 is 1.50 bits per heavy atom. The van der Waals surface area contributed by atoms with E-state index in [9.17, 15) is 8.78 Å². The highest BCUT2D eigenvalue weighted by Crippen LogP contribution is 2.73. The predicted molar refractivity (Wildman–Crippen MR) is 32.8 cm³/mol. The molecule has 0 aromatic rings. The number of alkyl halides is 2. The van der Waals surface area contributed by atoms with Gasteiger partial charge in [0.05, 0.1) is 0 Å². The van der Waals surface area contributed by atoms with Gasteiger partial charge in [0.1, 0.15) is 0 Å². The number of rotatable bonds is 0. The van der Waals surface area contributed by atoms with Crippen LogP contribution in [0.4, 0.5) is 8.78 Å². The Hall–Kier alpha value is -0.140. The highest BCUT2D eigenvalue weighted by molar-refractivity contribution is 5.18. The van der Waals surface area contributed by atoms with Crippen LogP contribution < -0.4 is 0 Å². The minimum atomic E-state index is -2.23. The number of hydrogen-bond donors (Lipinski definition) is 0. The Morgan fingerprint density at radius 3 is 1.90 bits per heavy atom. The van der Waals surface area contributed by atoms with Crippen molar-refractivity contribution in [2.45, 2.75) is 25.2 Å². The fourth-order valence-corrected chi connectivity index (χ4v) is 3.30. The van der Waals surface area contributed by atoms with Gasteiger partial charge in [-0.25, -0.2) is 8.78 Å². The molecule has 4 atom stereocenters. The highest BCUT2D eigenvalue weighted by Gasteiger charge is 2.77. The van der Waals surface area contributed by atoms with Crippen LogP contribution >= 0.6 is 0 Å². The molecule has 3 fully saturated rings. The zero-order valence-corrected chi connectivity index (χ0v) is 5.69. The van der Waals surface area contributed by atoms with Gasteiger partial charge in [0, 0.05) is 11.8 Å². The van der Waals surface area contributed by atoms with Crippen molar-refractivity contribution in [2.24, 2.45) is 23.7 Å². The van der Waals surface area contributed by atoms with Crippen LogP contribution in [0, 0.1) is 23.7 Å². The molecule has 0 radical (unpaired) electrons. The standard InChI is InChI=1S/C8H10F2/c9-8(10)6-4-1-2-5(3-4)7(6)8/h4-7H,1-3H2. The molecule has 0 spiro atoms.